The minimum Gasteiger partial charge on any atom is -0.481 e. The standard InChI is InChI=1S/C23H25N3O5S/c1-13-6-4-5-7-15(13)11-16-8-9-19(32-16)17(12-20(28)29)24-23(31)25-21-18(27)10-14(2)26(3)22(21)30/h4-10,17,21H,11-12H2,1-3H3,(H,28,29)(H2,24,25,31). The smallest absolute Gasteiger partial charge is 0.316 e. The molecule has 3 N–H and O–H groups in total. The molecule has 1 aliphatic rings. The van der Waals surface area contributed by atoms with Crippen molar-refractivity contribution in [2.24, 2.45) is 0 Å². The zero-order valence-corrected chi connectivity index (χ0v) is 18.9. The first-order valence-corrected chi connectivity index (χ1v) is 10.9. The highest BCUT2D eigenvalue weighted by Crippen LogP contribution is 2.28. The molecule has 0 fully saturated rings. The molecular formula is C23H25N3O5S. The maximum atomic E-state index is 12.5. The van der Waals surface area contributed by atoms with Crippen LogP contribution in [0.5, 0.6) is 0 Å². The summed E-state index contributed by atoms with van der Waals surface area (Å²) in [6.07, 6.45) is 1.66. The summed E-state index contributed by atoms with van der Waals surface area (Å²) < 4.78 is 0. The Hall–Kier alpha value is -3.46. The number of allylic oxidation sites excluding steroid dienone is 1. The van der Waals surface area contributed by atoms with E-state index in [1.165, 1.54) is 34.9 Å². The predicted molar refractivity (Wildman–Crippen MR) is 120 cm³/mol. The number of amides is 3. The zero-order chi connectivity index (χ0) is 23.4. The fourth-order valence-corrected chi connectivity index (χ4v) is 4.50. The van der Waals surface area contributed by atoms with Gasteiger partial charge in [0.25, 0.3) is 5.91 Å². The highest BCUT2D eigenvalue weighted by Gasteiger charge is 2.34. The quantitative estimate of drug-likeness (QED) is 0.555. The van der Waals surface area contributed by atoms with Crippen molar-refractivity contribution in [1.29, 1.82) is 0 Å². The average molecular weight is 456 g/mol. The number of ketones is 1. The predicted octanol–water partition coefficient (Wildman–Crippen LogP) is 2.78. The van der Waals surface area contributed by atoms with Crippen molar-refractivity contribution in [3.8, 4) is 0 Å². The Kier molecular flexibility index (Phi) is 7.09. The van der Waals surface area contributed by atoms with Crippen molar-refractivity contribution in [3.05, 3.63) is 69.1 Å². The van der Waals surface area contributed by atoms with Crippen molar-refractivity contribution in [3.63, 3.8) is 0 Å². The molecule has 2 unspecified atom stereocenters. The van der Waals surface area contributed by atoms with Crippen LogP contribution in [0.1, 0.15) is 40.3 Å². The van der Waals surface area contributed by atoms with Crippen LogP contribution in [0, 0.1) is 6.92 Å². The average Bonchev–Trinajstić information content (AvgIpc) is 3.19. The van der Waals surface area contributed by atoms with Crippen LogP contribution in [-0.4, -0.2) is 46.8 Å². The van der Waals surface area contributed by atoms with Crippen molar-refractivity contribution >= 4 is 35.0 Å². The third-order valence-electron chi connectivity index (χ3n) is 5.35. The molecule has 1 aliphatic heterocycles. The van der Waals surface area contributed by atoms with Gasteiger partial charge < -0.3 is 20.6 Å². The van der Waals surface area contributed by atoms with Gasteiger partial charge in [0.1, 0.15) is 0 Å². The van der Waals surface area contributed by atoms with Gasteiger partial charge in [-0.05, 0) is 37.1 Å². The topological polar surface area (TPSA) is 116 Å². The van der Waals surface area contributed by atoms with Gasteiger partial charge in [-0.25, -0.2) is 4.79 Å². The molecular weight excluding hydrogens is 430 g/mol. The molecule has 168 valence electrons. The molecule has 0 spiro atoms. The number of carbonyl (C=O) groups is 4. The van der Waals surface area contributed by atoms with Gasteiger partial charge in [-0.1, -0.05) is 24.3 Å². The number of likely N-dealkylation sites (N-methyl/N-ethyl adjacent to an activating group) is 1. The van der Waals surface area contributed by atoms with Crippen LogP contribution < -0.4 is 10.6 Å². The van der Waals surface area contributed by atoms with Crippen LogP contribution in [-0.2, 0) is 20.8 Å². The molecule has 1 aromatic heterocycles. The number of rotatable bonds is 7. The first-order valence-electron chi connectivity index (χ1n) is 10.1. The van der Waals surface area contributed by atoms with E-state index in [-0.39, 0.29) is 6.42 Å². The number of aliphatic carboxylic acids is 1. The van der Waals surface area contributed by atoms with Gasteiger partial charge >= 0.3 is 12.0 Å². The van der Waals surface area contributed by atoms with Crippen LogP contribution in [0.15, 0.2) is 48.2 Å². The Morgan fingerprint density at radius 3 is 2.56 bits per heavy atom. The summed E-state index contributed by atoms with van der Waals surface area (Å²) in [5.41, 5.74) is 2.82. The van der Waals surface area contributed by atoms with Crippen LogP contribution in [0.4, 0.5) is 4.79 Å². The molecule has 3 rings (SSSR count). The lowest BCUT2D eigenvalue weighted by Crippen LogP contribution is -2.56. The number of carbonyl (C=O) groups excluding carboxylic acids is 3. The summed E-state index contributed by atoms with van der Waals surface area (Å²) >= 11 is 1.42. The minimum absolute atomic E-state index is 0.330. The van der Waals surface area contributed by atoms with E-state index in [1.54, 1.807) is 13.0 Å². The number of carboxylic acids is 1. The monoisotopic (exact) mass is 455 g/mol. The van der Waals surface area contributed by atoms with Gasteiger partial charge in [-0.3, -0.25) is 14.4 Å². The third kappa shape index (κ3) is 5.42. The summed E-state index contributed by atoms with van der Waals surface area (Å²) in [6, 6.07) is 8.81. The molecule has 0 radical (unpaired) electrons. The summed E-state index contributed by atoms with van der Waals surface area (Å²) in [4.78, 5) is 51.5. The minimum atomic E-state index is -1.34. The van der Waals surface area contributed by atoms with Crippen LogP contribution in [0.3, 0.4) is 0 Å². The molecule has 2 heterocycles. The number of hydrogen-bond acceptors (Lipinski definition) is 5. The highest BCUT2D eigenvalue weighted by atomic mass is 32.1. The van der Waals surface area contributed by atoms with E-state index in [4.69, 9.17) is 0 Å². The van der Waals surface area contributed by atoms with E-state index in [1.807, 2.05) is 37.3 Å². The Balaban J connectivity index is 1.72. The van der Waals surface area contributed by atoms with Gasteiger partial charge in [0.15, 0.2) is 11.8 Å². The summed E-state index contributed by atoms with van der Waals surface area (Å²) in [5.74, 6) is -2.14. The Labute approximate surface area is 189 Å². The van der Waals surface area contributed by atoms with E-state index in [0.717, 1.165) is 10.4 Å². The van der Waals surface area contributed by atoms with E-state index in [0.29, 0.717) is 17.0 Å². The van der Waals surface area contributed by atoms with Gasteiger partial charge in [0, 0.05) is 35.0 Å². The summed E-state index contributed by atoms with van der Waals surface area (Å²) in [5, 5.41) is 14.3. The number of benzene rings is 1. The largest absolute Gasteiger partial charge is 0.481 e. The highest BCUT2D eigenvalue weighted by molar-refractivity contribution is 7.12. The molecule has 0 saturated heterocycles. The second-order valence-electron chi connectivity index (χ2n) is 7.69. The first-order chi connectivity index (χ1) is 15.2. The molecule has 3 amide bonds. The summed E-state index contributed by atoms with van der Waals surface area (Å²) in [6.45, 7) is 3.66. The molecule has 9 heteroatoms. The molecule has 0 aliphatic carbocycles. The Morgan fingerprint density at radius 2 is 1.88 bits per heavy atom. The molecule has 0 bridgehead atoms. The van der Waals surface area contributed by atoms with Gasteiger partial charge in [-0.15, -0.1) is 11.3 Å². The first kappa shape index (κ1) is 23.2. The van der Waals surface area contributed by atoms with E-state index < -0.39 is 35.8 Å². The number of hydrogen-bond donors (Lipinski definition) is 3. The fraction of sp³-hybridized carbons (Fsp3) is 0.304. The third-order valence-corrected chi connectivity index (χ3v) is 6.55. The maximum Gasteiger partial charge on any atom is 0.316 e. The van der Waals surface area contributed by atoms with Crippen LogP contribution in [0.2, 0.25) is 0 Å². The molecule has 2 aromatic rings. The van der Waals surface area contributed by atoms with Gasteiger partial charge in [0.05, 0.1) is 12.5 Å². The molecule has 8 nitrogen and oxygen atoms in total. The number of carboxylic acid groups (broad SMARTS) is 1. The van der Waals surface area contributed by atoms with E-state index >= 15 is 0 Å². The zero-order valence-electron chi connectivity index (χ0n) is 18.0. The number of thiophene rings is 1. The van der Waals surface area contributed by atoms with Gasteiger partial charge in [0.2, 0.25) is 0 Å². The summed E-state index contributed by atoms with van der Waals surface area (Å²) in [7, 11) is 1.52. The van der Waals surface area contributed by atoms with Crippen molar-refractivity contribution in [1.82, 2.24) is 15.5 Å². The number of nitrogens with zero attached hydrogens (tertiary/aromatic N) is 1. The van der Waals surface area contributed by atoms with Crippen LogP contribution in [0.25, 0.3) is 0 Å². The SMILES string of the molecule is CC1=CC(=O)C(NC(=O)NC(CC(=O)O)c2ccc(Cc3ccccc3C)s2)C(=O)N1C. The maximum absolute atomic E-state index is 12.5. The van der Waals surface area contributed by atoms with Gasteiger partial charge in [-0.2, -0.15) is 0 Å². The van der Waals surface area contributed by atoms with Crippen molar-refractivity contribution in [2.45, 2.75) is 38.8 Å². The normalized spacial score (nSPS) is 17.0. The van der Waals surface area contributed by atoms with E-state index in [9.17, 15) is 24.3 Å². The second-order valence-corrected chi connectivity index (χ2v) is 8.89. The molecule has 2 atom stereocenters. The Morgan fingerprint density at radius 1 is 1.16 bits per heavy atom. The number of aryl methyl sites for hydroxylation is 1. The lowest BCUT2D eigenvalue weighted by molar-refractivity contribution is -0.138. The number of nitrogens with one attached hydrogen (secondary N) is 2. The molecule has 0 saturated carbocycles. The number of urea groups is 1. The van der Waals surface area contributed by atoms with E-state index in [2.05, 4.69) is 10.6 Å². The lowest BCUT2D eigenvalue weighted by atomic mass is 10.1. The second kappa shape index (κ2) is 9.78. The van der Waals surface area contributed by atoms with Crippen LogP contribution >= 0.6 is 11.3 Å². The Bertz CT molecular complexity index is 1090. The fourth-order valence-electron chi connectivity index (χ4n) is 3.41. The molecule has 32 heavy (non-hydrogen) atoms. The lowest BCUT2D eigenvalue weighted by Gasteiger charge is -2.28. The van der Waals surface area contributed by atoms with Crippen molar-refractivity contribution < 1.29 is 24.3 Å². The van der Waals surface area contributed by atoms with Crippen molar-refractivity contribution in [2.75, 3.05) is 7.05 Å². The molecule has 1 aromatic carbocycles.